The van der Waals surface area contributed by atoms with Gasteiger partial charge in [0.2, 0.25) is 11.6 Å². The summed E-state index contributed by atoms with van der Waals surface area (Å²) in [5.41, 5.74) is -2.27. The molecule has 3 unspecified atom stereocenters. The summed E-state index contributed by atoms with van der Waals surface area (Å²) in [5, 5.41) is 14.3. The number of benzene rings is 2. The Morgan fingerprint density at radius 1 is 0.980 bits per heavy atom. The van der Waals surface area contributed by atoms with Crippen molar-refractivity contribution < 1.29 is 47.1 Å². The van der Waals surface area contributed by atoms with Gasteiger partial charge < -0.3 is 29.7 Å². The van der Waals surface area contributed by atoms with E-state index in [0.29, 0.717) is 47.6 Å². The Hall–Kier alpha value is -2.66. The Balaban J connectivity index is 0.927. The highest BCUT2D eigenvalue weighted by molar-refractivity contribution is 14.1. The minimum atomic E-state index is -1.43. The van der Waals surface area contributed by atoms with Gasteiger partial charge in [-0.25, -0.2) is 18.0 Å². The average molecular weight is 798 g/mol. The number of anilines is 2. The summed E-state index contributed by atoms with van der Waals surface area (Å²) in [6.07, 6.45) is 7.63. The first kappa shape index (κ1) is 33.5. The van der Waals surface area contributed by atoms with Crippen LogP contribution >= 0.6 is 22.6 Å². The van der Waals surface area contributed by atoms with Crippen molar-refractivity contribution in [1.82, 2.24) is 9.80 Å². The molecule has 49 heavy (non-hydrogen) atoms. The Labute approximate surface area is 295 Å². The summed E-state index contributed by atoms with van der Waals surface area (Å²) in [6, 6.07) is 5.55. The number of fused-ring (bicyclic) bond motifs is 3. The van der Waals surface area contributed by atoms with Crippen LogP contribution in [-0.2, 0) is 19.2 Å². The molecule has 2 N–H and O–H groups in total. The van der Waals surface area contributed by atoms with E-state index in [4.69, 9.17) is 19.2 Å². The molecule has 3 saturated heterocycles. The third-order valence-corrected chi connectivity index (χ3v) is 12.1. The van der Waals surface area contributed by atoms with Crippen LogP contribution in [0.2, 0.25) is 0 Å². The van der Waals surface area contributed by atoms with Crippen molar-refractivity contribution in [3.05, 3.63) is 56.9 Å². The molecule has 6 atom stereocenters. The molecule has 0 aromatic heterocycles. The maximum atomic E-state index is 15.0. The summed E-state index contributed by atoms with van der Waals surface area (Å²) in [5.74, 6) is -4.60. The monoisotopic (exact) mass is 797 g/mol. The SMILES string of the molecule is O=C(c1ccc(F)c(F)c1Nc1ccc(I)cc1F)N1CC(O)([C@@H]2CCCCN2C(=O)O[C@@H]2CCC[C@]3(C2)OOC2(CC4CCC2C4)O3)C1. The maximum absolute atomic E-state index is 15.0. The van der Waals surface area contributed by atoms with Crippen LogP contribution in [0.1, 0.15) is 81.0 Å². The van der Waals surface area contributed by atoms with Crippen molar-refractivity contribution in [3.63, 3.8) is 0 Å². The molecule has 3 aliphatic carbocycles. The highest BCUT2D eigenvalue weighted by Crippen LogP contribution is 2.59. The summed E-state index contributed by atoms with van der Waals surface area (Å²) in [6.45, 7) is 0.123. The molecule has 264 valence electrons. The summed E-state index contributed by atoms with van der Waals surface area (Å²) >= 11 is 1.93. The second-order valence-corrected chi connectivity index (χ2v) is 15.9. The molecule has 6 fully saturated rings. The number of aliphatic hydroxyl groups is 1. The Bertz CT molecular complexity index is 1660. The number of carbonyl (C=O) groups excluding carboxylic acids is 2. The largest absolute Gasteiger partial charge is 0.446 e. The van der Waals surface area contributed by atoms with E-state index in [1.54, 1.807) is 11.0 Å². The first-order chi connectivity index (χ1) is 23.5. The first-order valence-electron chi connectivity index (χ1n) is 17.2. The quantitative estimate of drug-likeness (QED) is 0.253. The molecule has 2 aromatic carbocycles. The average Bonchev–Trinajstić information content (AvgIpc) is 3.77. The van der Waals surface area contributed by atoms with Gasteiger partial charge in [0, 0.05) is 35.3 Å². The number of ether oxygens (including phenoxy) is 2. The second kappa shape index (κ2) is 12.5. The second-order valence-electron chi connectivity index (χ2n) is 14.7. The minimum Gasteiger partial charge on any atom is -0.446 e. The molecule has 14 heteroatoms. The fraction of sp³-hybridized carbons (Fsp3) is 0.600. The van der Waals surface area contributed by atoms with E-state index in [-0.39, 0.29) is 24.3 Å². The van der Waals surface area contributed by atoms with Gasteiger partial charge in [-0.2, -0.15) is 9.78 Å². The third-order valence-electron chi connectivity index (χ3n) is 11.4. The molecule has 8 rings (SSSR count). The van der Waals surface area contributed by atoms with E-state index in [1.807, 2.05) is 22.6 Å². The van der Waals surface area contributed by atoms with Crippen LogP contribution < -0.4 is 5.32 Å². The van der Waals surface area contributed by atoms with Crippen molar-refractivity contribution in [2.75, 3.05) is 25.0 Å². The van der Waals surface area contributed by atoms with Crippen LogP contribution in [0.25, 0.3) is 0 Å². The van der Waals surface area contributed by atoms with Gasteiger partial charge in [-0.05, 0) is 110 Å². The third kappa shape index (κ3) is 5.98. The van der Waals surface area contributed by atoms with E-state index in [9.17, 15) is 23.5 Å². The Morgan fingerprint density at radius 2 is 1.82 bits per heavy atom. The molecule has 2 bridgehead atoms. The molecular formula is C35H39F3IN3O7. The fourth-order valence-electron chi connectivity index (χ4n) is 9.01. The van der Waals surface area contributed by atoms with Crippen molar-refractivity contribution in [3.8, 4) is 0 Å². The number of likely N-dealkylation sites (tertiary alicyclic amines) is 2. The fourth-order valence-corrected chi connectivity index (χ4v) is 9.46. The first-order valence-corrected chi connectivity index (χ1v) is 18.3. The molecule has 2 spiro atoms. The van der Waals surface area contributed by atoms with Gasteiger partial charge in [0.1, 0.15) is 17.5 Å². The van der Waals surface area contributed by atoms with Gasteiger partial charge in [-0.3, -0.25) is 4.79 Å². The molecular weight excluding hydrogens is 758 g/mol. The molecule has 0 radical (unpaired) electrons. The van der Waals surface area contributed by atoms with Crippen molar-refractivity contribution in [2.24, 2.45) is 11.8 Å². The van der Waals surface area contributed by atoms with Crippen LogP contribution in [0, 0.1) is 32.9 Å². The normalized spacial score (nSPS) is 33.2. The minimum absolute atomic E-state index is 0.122. The van der Waals surface area contributed by atoms with E-state index in [2.05, 4.69) is 5.32 Å². The number of nitrogens with zero attached hydrogens (tertiary/aromatic N) is 2. The van der Waals surface area contributed by atoms with Crippen LogP contribution in [0.15, 0.2) is 30.3 Å². The summed E-state index contributed by atoms with van der Waals surface area (Å²) in [7, 11) is 0. The summed E-state index contributed by atoms with van der Waals surface area (Å²) in [4.78, 5) is 41.9. The van der Waals surface area contributed by atoms with Gasteiger partial charge in [-0.1, -0.05) is 0 Å². The Kier molecular flexibility index (Phi) is 8.56. The molecule has 3 aliphatic heterocycles. The van der Waals surface area contributed by atoms with Gasteiger partial charge in [0.25, 0.3) is 5.91 Å². The lowest BCUT2D eigenvalue weighted by atomic mass is 9.80. The van der Waals surface area contributed by atoms with Crippen molar-refractivity contribution in [1.29, 1.82) is 0 Å². The molecule has 2 amide bonds. The lowest BCUT2D eigenvalue weighted by Gasteiger charge is -2.54. The number of β-amino-alcohol motifs (C(OH)–C–C–N with tert-alkyl or cyclic N) is 1. The van der Waals surface area contributed by atoms with Gasteiger partial charge in [0.15, 0.2) is 11.6 Å². The van der Waals surface area contributed by atoms with Crippen LogP contribution in [0.5, 0.6) is 0 Å². The molecule has 3 saturated carbocycles. The van der Waals surface area contributed by atoms with Crippen molar-refractivity contribution in [2.45, 2.75) is 100.0 Å². The predicted molar refractivity (Wildman–Crippen MR) is 177 cm³/mol. The molecule has 2 aromatic rings. The lowest BCUT2D eigenvalue weighted by molar-refractivity contribution is -0.363. The van der Waals surface area contributed by atoms with E-state index < -0.39 is 64.5 Å². The summed E-state index contributed by atoms with van der Waals surface area (Å²) < 4.78 is 57.1. The number of piperidine rings is 1. The van der Waals surface area contributed by atoms with E-state index >= 15 is 4.39 Å². The van der Waals surface area contributed by atoms with Crippen LogP contribution in [0.3, 0.4) is 0 Å². The number of amides is 2. The molecule has 3 heterocycles. The molecule has 6 aliphatic rings. The maximum Gasteiger partial charge on any atom is 0.410 e. The number of hydrogen-bond donors (Lipinski definition) is 2. The van der Waals surface area contributed by atoms with E-state index in [0.717, 1.165) is 50.7 Å². The van der Waals surface area contributed by atoms with Gasteiger partial charge in [0.05, 0.1) is 36.1 Å². The van der Waals surface area contributed by atoms with Crippen LogP contribution in [0.4, 0.5) is 29.3 Å². The van der Waals surface area contributed by atoms with Crippen molar-refractivity contribution >= 4 is 46.0 Å². The number of rotatable bonds is 5. The highest BCUT2D eigenvalue weighted by Gasteiger charge is 2.63. The number of carbonyl (C=O) groups is 2. The molecule has 10 nitrogen and oxygen atoms in total. The standard InChI is InChI=1S/C35H39F3IN3O7/c36-25-10-9-24(30(29(25)38)40-27-11-8-22(39)15-26(27)37)31(43)41-18-33(45,19-41)28-5-1-2-13-42(28)32(44)46-23-4-3-12-34(17-23)47-35(49-48-34)16-20-6-7-21(35)14-20/h8-11,15,20-21,23,28,40,45H,1-7,12-14,16-19H2/t20?,21?,23-,28+,34-,35?/m1/s1. The van der Waals surface area contributed by atoms with Crippen LogP contribution in [-0.4, -0.2) is 75.9 Å². The number of nitrogens with one attached hydrogen (secondary N) is 1. The zero-order valence-corrected chi connectivity index (χ0v) is 29.1. The Morgan fingerprint density at radius 3 is 2.57 bits per heavy atom. The predicted octanol–water partition coefficient (Wildman–Crippen LogP) is 6.76. The number of hydrogen-bond acceptors (Lipinski definition) is 8. The number of halogens is 4. The topological polar surface area (TPSA) is 110 Å². The van der Waals surface area contributed by atoms with Gasteiger partial charge >= 0.3 is 6.09 Å². The smallest absolute Gasteiger partial charge is 0.410 e. The lowest BCUT2D eigenvalue weighted by Crippen LogP contribution is -2.73. The van der Waals surface area contributed by atoms with Gasteiger partial charge in [-0.15, -0.1) is 0 Å². The highest BCUT2D eigenvalue weighted by atomic mass is 127. The van der Waals surface area contributed by atoms with E-state index in [1.165, 1.54) is 23.5 Å². The zero-order valence-electron chi connectivity index (χ0n) is 26.9. The zero-order chi connectivity index (χ0) is 34.1.